The van der Waals surface area contributed by atoms with Crippen molar-refractivity contribution in [2.24, 2.45) is 11.8 Å². The Bertz CT molecular complexity index is 578. The molecule has 0 atom stereocenters. The average Bonchev–Trinajstić information content (AvgIpc) is 2.57. The van der Waals surface area contributed by atoms with E-state index >= 15 is 0 Å². The zero-order chi connectivity index (χ0) is 17.1. The van der Waals surface area contributed by atoms with Crippen LogP contribution in [0, 0.1) is 11.8 Å². The van der Waals surface area contributed by atoms with E-state index in [2.05, 4.69) is 22.6 Å². The number of carbonyl (C=O) groups is 1. The Labute approximate surface area is 149 Å². The molecule has 0 bridgehead atoms. The summed E-state index contributed by atoms with van der Waals surface area (Å²) in [5, 5.41) is 6.52. The molecule has 1 aromatic carbocycles. The Hall–Kier alpha value is -1.26. The molecule has 24 heavy (non-hydrogen) atoms. The fourth-order valence-electron chi connectivity index (χ4n) is 4.08. The number of benzene rings is 1. The van der Waals surface area contributed by atoms with Crippen molar-refractivity contribution in [3.8, 4) is 0 Å². The van der Waals surface area contributed by atoms with E-state index in [-0.39, 0.29) is 5.91 Å². The number of amides is 1. The highest BCUT2D eigenvalue weighted by Gasteiger charge is 2.31. The number of hydrogen-bond acceptors (Lipinski definition) is 3. The minimum atomic E-state index is -0.134. The summed E-state index contributed by atoms with van der Waals surface area (Å²) in [6, 6.07) is 6.53. The molecule has 1 amide bonds. The van der Waals surface area contributed by atoms with Crippen LogP contribution in [0.3, 0.4) is 0 Å². The van der Waals surface area contributed by atoms with Gasteiger partial charge in [-0.15, -0.1) is 0 Å². The molecule has 1 aliphatic heterocycles. The lowest BCUT2D eigenvalue weighted by Gasteiger charge is -2.40. The molecule has 5 heteroatoms. The molecule has 2 fully saturated rings. The van der Waals surface area contributed by atoms with E-state index in [9.17, 15) is 4.79 Å². The first-order valence-electron chi connectivity index (χ1n) is 9.04. The van der Waals surface area contributed by atoms with E-state index < -0.39 is 0 Å². The first kappa shape index (κ1) is 17.6. The first-order chi connectivity index (χ1) is 11.6. The maximum atomic E-state index is 11.7. The molecular weight excluding hydrogens is 322 g/mol. The molecule has 0 radical (unpaired) electrons. The zero-order valence-corrected chi connectivity index (χ0v) is 15.4. The van der Waals surface area contributed by atoms with E-state index in [0.717, 1.165) is 36.7 Å². The van der Waals surface area contributed by atoms with E-state index in [4.69, 9.17) is 11.6 Å². The lowest BCUT2D eigenvalue weighted by molar-refractivity contribution is 0.0963. The van der Waals surface area contributed by atoms with Crippen LogP contribution in [0.4, 0.5) is 5.69 Å². The lowest BCUT2D eigenvalue weighted by Crippen LogP contribution is -2.41. The van der Waals surface area contributed by atoms with Crippen molar-refractivity contribution < 1.29 is 4.79 Å². The van der Waals surface area contributed by atoms with Crippen LogP contribution in [0.5, 0.6) is 0 Å². The maximum absolute atomic E-state index is 11.7. The highest BCUT2D eigenvalue weighted by Crippen LogP contribution is 2.36. The lowest BCUT2D eigenvalue weighted by atomic mass is 9.73. The number of piperidine rings is 1. The minimum absolute atomic E-state index is 0.134. The van der Waals surface area contributed by atoms with Crippen LogP contribution in [-0.2, 0) is 0 Å². The molecule has 2 aliphatic rings. The Morgan fingerprint density at radius 1 is 1.21 bits per heavy atom. The molecule has 0 aromatic heterocycles. The fraction of sp³-hybridized carbons (Fsp3) is 0.632. The Morgan fingerprint density at radius 3 is 2.50 bits per heavy atom. The monoisotopic (exact) mass is 349 g/mol. The van der Waals surface area contributed by atoms with Gasteiger partial charge in [0.1, 0.15) is 0 Å². The van der Waals surface area contributed by atoms with Crippen LogP contribution < -0.4 is 15.5 Å². The second-order valence-electron chi connectivity index (χ2n) is 7.23. The normalized spacial score (nSPS) is 24.5. The Balaban J connectivity index is 1.51. The second-order valence-corrected chi connectivity index (χ2v) is 7.64. The summed E-state index contributed by atoms with van der Waals surface area (Å²) >= 11 is 6.28. The van der Waals surface area contributed by atoms with Gasteiger partial charge in [0.2, 0.25) is 0 Å². The van der Waals surface area contributed by atoms with Crippen LogP contribution in [0.25, 0.3) is 0 Å². The standard InChI is InChI=1S/C19H28ClN3O/c1-21-15-10-14(11-15)9-13-5-7-23(8-6-13)16-3-4-17(18(20)12-16)19(24)22-2/h3-4,12-15,21H,5-11H2,1-2H3,(H,22,24). The van der Waals surface area contributed by atoms with Gasteiger partial charge < -0.3 is 15.5 Å². The summed E-state index contributed by atoms with van der Waals surface area (Å²) in [6.45, 7) is 2.17. The summed E-state index contributed by atoms with van der Waals surface area (Å²) < 4.78 is 0. The van der Waals surface area contributed by atoms with Crippen molar-refractivity contribution in [3.05, 3.63) is 28.8 Å². The van der Waals surface area contributed by atoms with Gasteiger partial charge in [-0.05, 0) is 69.2 Å². The average molecular weight is 350 g/mol. The van der Waals surface area contributed by atoms with Gasteiger partial charge in [-0.1, -0.05) is 11.6 Å². The van der Waals surface area contributed by atoms with Gasteiger partial charge in [0.15, 0.2) is 0 Å². The third-order valence-corrected chi connectivity index (χ3v) is 6.03. The highest BCUT2D eigenvalue weighted by molar-refractivity contribution is 6.34. The van der Waals surface area contributed by atoms with E-state index in [1.165, 1.54) is 32.1 Å². The summed E-state index contributed by atoms with van der Waals surface area (Å²) in [5.74, 6) is 1.66. The topological polar surface area (TPSA) is 44.4 Å². The predicted octanol–water partition coefficient (Wildman–Crippen LogP) is 3.30. The molecule has 1 aromatic rings. The van der Waals surface area contributed by atoms with Crippen molar-refractivity contribution in [1.82, 2.24) is 10.6 Å². The molecule has 0 spiro atoms. The highest BCUT2D eigenvalue weighted by atomic mass is 35.5. The molecule has 1 aliphatic carbocycles. The number of hydrogen-bond donors (Lipinski definition) is 2. The smallest absolute Gasteiger partial charge is 0.252 e. The SMILES string of the molecule is CNC(=O)c1ccc(N2CCC(CC3CC(NC)C3)CC2)cc1Cl. The molecule has 3 rings (SSSR count). The largest absolute Gasteiger partial charge is 0.371 e. The summed E-state index contributed by atoms with van der Waals surface area (Å²) in [4.78, 5) is 14.1. The third-order valence-electron chi connectivity index (χ3n) is 5.71. The maximum Gasteiger partial charge on any atom is 0.252 e. The summed E-state index contributed by atoms with van der Waals surface area (Å²) in [5.41, 5.74) is 1.67. The third kappa shape index (κ3) is 3.86. The van der Waals surface area contributed by atoms with Gasteiger partial charge in [0.05, 0.1) is 10.6 Å². The van der Waals surface area contributed by atoms with Crippen LogP contribution in [0.2, 0.25) is 5.02 Å². The number of rotatable bonds is 5. The van der Waals surface area contributed by atoms with Crippen molar-refractivity contribution in [2.45, 2.75) is 38.1 Å². The Kier molecular flexibility index (Phi) is 5.67. The molecule has 0 unspecified atom stereocenters. The van der Waals surface area contributed by atoms with Gasteiger partial charge in [-0.2, -0.15) is 0 Å². The van der Waals surface area contributed by atoms with Crippen molar-refractivity contribution >= 4 is 23.2 Å². The van der Waals surface area contributed by atoms with Gasteiger partial charge in [0, 0.05) is 31.9 Å². The van der Waals surface area contributed by atoms with Crippen molar-refractivity contribution in [1.29, 1.82) is 0 Å². The minimum Gasteiger partial charge on any atom is -0.371 e. The number of carbonyl (C=O) groups excluding carboxylic acids is 1. The summed E-state index contributed by atoms with van der Waals surface area (Å²) in [6.07, 6.45) is 6.62. The molecule has 1 saturated carbocycles. The van der Waals surface area contributed by atoms with Crippen LogP contribution >= 0.6 is 11.6 Å². The van der Waals surface area contributed by atoms with Gasteiger partial charge >= 0.3 is 0 Å². The van der Waals surface area contributed by atoms with Crippen LogP contribution in [0.15, 0.2) is 18.2 Å². The molecule has 132 valence electrons. The summed E-state index contributed by atoms with van der Waals surface area (Å²) in [7, 11) is 3.69. The number of anilines is 1. The quantitative estimate of drug-likeness (QED) is 0.857. The molecular formula is C19H28ClN3O. The van der Waals surface area contributed by atoms with Gasteiger partial charge in [0.25, 0.3) is 5.91 Å². The molecule has 1 heterocycles. The molecule has 4 nitrogen and oxygen atoms in total. The Morgan fingerprint density at radius 2 is 1.92 bits per heavy atom. The predicted molar refractivity (Wildman–Crippen MR) is 100.0 cm³/mol. The van der Waals surface area contributed by atoms with Crippen molar-refractivity contribution in [3.63, 3.8) is 0 Å². The van der Waals surface area contributed by atoms with E-state index in [1.54, 1.807) is 7.05 Å². The van der Waals surface area contributed by atoms with Crippen LogP contribution in [0.1, 0.15) is 42.5 Å². The van der Waals surface area contributed by atoms with Gasteiger partial charge in [-0.3, -0.25) is 4.79 Å². The second kappa shape index (κ2) is 7.75. The zero-order valence-electron chi connectivity index (χ0n) is 14.6. The van der Waals surface area contributed by atoms with Gasteiger partial charge in [-0.25, -0.2) is 0 Å². The van der Waals surface area contributed by atoms with Crippen molar-refractivity contribution in [2.75, 3.05) is 32.1 Å². The van der Waals surface area contributed by atoms with E-state index in [1.807, 2.05) is 18.2 Å². The number of nitrogens with one attached hydrogen (secondary N) is 2. The number of nitrogens with zero attached hydrogens (tertiary/aromatic N) is 1. The molecule has 1 saturated heterocycles. The van der Waals surface area contributed by atoms with Crippen LogP contribution in [-0.4, -0.2) is 39.1 Å². The fourth-order valence-corrected chi connectivity index (χ4v) is 4.34. The van der Waals surface area contributed by atoms with E-state index in [0.29, 0.717) is 10.6 Å². The first-order valence-corrected chi connectivity index (χ1v) is 9.42. The molecule has 2 N–H and O–H groups in total. The number of halogens is 1.